The summed E-state index contributed by atoms with van der Waals surface area (Å²) in [5, 5.41) is 8.35. The van der Waals surface area contributed by atoms with Gasteiger partial charge in [-0.05, 0) is 50.0 Å². The van der Waals surface area contributed by atoms with E-state index in [0.29, 0.717) is 43.7 Å². The van der Waals surface area contributed by atoms with Gasteiger partial charge in [0.15, 0.2) is 0 Å². The van der Waals surface area contributed by atoms with Crippen LogP contribution in [0.1, 0.15) is 23.1 Å². The molecule has 0 saturated carbocycles. The second-order valence-corrected chi connectivity index (χ2v) is 7.71. The van der Waals surface area contributed by atoms with Gasteiger partial charge in [-0.3, -0.25) is 10.1 Å². The highest BCUT2D eigenvalue weighted by Crippen LogP contribution is 2.19. The van der Waals surface area contributed by atoms with E-state index in [1.807, 2.05) is 25.1 Å². The zero-order valence-corrected chi connectivity index (χ0v) is 18.6. The number of aromatic amines is 1. The first-order valence-corrected chi connectivity index (χ1v) is 10.9. The van der Waals surface area contributed by atoms with Crippen molar-refractivity contribution in [3.63, 3.8) is 0 Å². The van der Waals surface area contributed by atoms with E-state index in [2.05, 4.69) is 32.0 Å². The molecule has 174 valence electrons. The summed E-state index contributed by atoms with van der Waals surface area (Å²) in [6.45, 7) is 4.10. The SMILES string of the molecule is Cc1cccc(CCNC(=O)Nc2nc(=O)c(-c3ccc(CNCCCN)c(F)c3)c[nH]2)c1. The number of halogens is 1. The highest BCUT2D eigenvalue weighted by Gasteiger charge is 2.11. The summed E-state index contributed by atoms with van der Waals surface area (Å²) in [6, 6.07) is 12.2. The molecule has 33 heavy (non-hydrogen) atoms. The van der Waals surface area contributed by atoms with Gasteiger partial charge in [0.25, 0.3) is 5.56 Å². The maximum atomic E-state index is 14.4. The Morgan fingerprint density at radius 2 is 2.03 bits per heavy atom. The van der Waals surface area contributed by atoms with Crippen molar-refractivity contribution in [1.82, 2.24) is 20.6 Å². The minimum absolute atomic E-state index is 0.0120. The predicted octanol–water partition coefficient (Wildman–Crippen LogP) is 2.69. The molecule has 9 heteroatoms. The van der Waals surface area contributed by atoms with Crippen LogP contribution in [0.25, 0.3) is 11.1 Å². The standard InChI is InChI=1S/C24H29FN6O2/c1-16-4-2-5-17(12-16)8-11-28-24(33)31-23-29-15-20(22(32)30-23)18-6-7-19(21(25)13-18)14-27-10-3-9-26/h2,4-7,12-13,15,27H,3,8-11,14,26H2,1H3,(H3,28,29,30,31,32,33). The van der Waals surface area contributed by atoms with Crippen molar-refractivity contribution in [1.29, 1.82) is 0 Å². The van der Waals surface area contributed by atoms with Crippen molar-refractivity contribution in [2.75, 3.05) is 25.0 Å². The molecule has 8 nitrogen and oxygen atoms in total. The molecule has 6 N–H and O–H groups in total. The van der Waals surface area contributed by atoms with E-state index in [-0.39, 0.29) is 11.5 Å². The Hall–Kier alpha value is -3.56. The number of nitrogens with two attached hydrogens (primary N) is 1. The summed E-state index contributed by atoms with van der Waals surface area (Å²) in [5.74, 6) is -0.402. The van der Waals surface area contributed by atoms with Gasteiger partial charge in [-0.1, -0.05) is 42.0 Å². The summed E-state index contributed by atoms with van der Waals surface area (Å²) in [7, 11) is 0. The molecule has 0 aliphatic carbocycles. The lowest BCUT2D eigenvalue weighted by atomic mass is 10.1. The molecule has 0 atom stereocenters. The van der Waals surface area contributed by atoms with Crippen LogP contribution < -0.4 is 27.2 Å². The van der Waals surface area contributed by atoms with Crippen molar-refractivity contribution in [3.8, 4) is 11.1 Å². The van der Waals surface area contributed by atoms with Gasteiger partial charge in [0.05, 0.1) is 5.56 Å². The molecule has 0 spiro atoms. The van der Waals surface area contributed by atoms with E-state index in [1.54, 1.807) is 12.1 Å². The molecule has 0 fully saturated rings. The van der Waals surface area contributed by atoms with Gasteiger partial charge in [0.1, 0.15) is 5.82 Å². The lowest BCUT2D eigenvalue weighted by Gasteiger charge is -2.09. The predicted molar refractivity (Wildman–Crippen MR) is 128 cm³/mol. The van der Waals surface area contributed by atoms with Crippen molar-refractivity contribution in [2.24, 2.45) is 5.73 Å². The second kappa shape index (κ2) is 11.9. The Morgan fingerprint density at radius 3 is 2.76 bits per heavy atom. The zero-order chi connectivity index (χ0) is 23.6. The number of nitrogens with one attached hydrogen (secondary N) is 4. The van der Waals surface area contributed by atoms with Crippen LogP contribution in [0.3, 0.4) is 0 Å². The Labute approximate surface area is 191 Å². The van der Waals surface area contributed by atoms with Gasteiger partial charge in [-0.2, -0.15) is 4.98 Å². The molecule has 0 aliphatic rings. The minimum atomic E-state index is -0.572. The van der Waals surface area contributed by atoms with Gasteiger partial charge >= 0.3 is 6.03 Å². The molecule has 0 saturated heterocycles. The van der Waals surface area contributed by atoms with Crippen molar-refractivity contribution in [2.45, 2.75) is 26.3 Å². The molecule has 2 amide bonds. The van der Waals surface area contributed by atoms with Crippen LogP contribution in [0.15, 0.2) is 53.5 Å². The lowest BCUT2D eigenvalue weighted by molar-refractivity contribution is 0.252. The van der Waals surface area contributed by atoms with Crippen LogP contribution >= 0.6 is 0 Å². The molecule has 0 aliphatic heterocycles. The van der Waals surface area contributed by atoms with Crippen LogP contribution in [-0.2, 0) is 13.0 Å². The third kappa shape index (κ3) is 7.23. The first-order chi connectivity index (χ1) is 16.0. The fourth-order valence-electron chi connectivity index (χ4n) is 3.32. The van der Waals surface area contributed by atoms with Crippen LogP contribution in [0, 0.1) is 12.7 Å². The van der Waals surface area contributed by atoms with E-state index >= 15 is 0 Å². The third-order valence-corrected chi connectivity index (χ3v) is 5.05. The van der Waals surface area contributed by atoms with Gasteiger partial charge in [0.2, 0.25) is 5.95 Å². The summed E-state index contributed by atoms with van der Waals surface area (Å²) in [4.78, 5) is 31.2. The third-order valence-electron chi connectivity index (χ3n) is 5.05. The minimum Gasteiger partial charge on any atom is -0.337 e. The lowest BCUT2D eigenvalue weighted by Crippen LogP contribution is -2.32. The number of H-pyrrole nitrogens is 1. The first kappa shape index (κ1) is 24.1. The van der Waals surface area contributed by atoms with Gasteiger partial charge in [-0.15, -0.1) is 0 Å². The average Bonchev–Trinajstić information content (AvgIpc) is 2.78. The Bertz CT molecular complexity index is 1150. The van der Waals surface area contributed by atoms with Crippen molar-refractivity contribution >= 4 is 12.0 Å². The van der Waals surface area contributed by atoms with Crippen LogP contribution in [0.4, 0.5) is 15.1 Å². The highest BCUT2D eigenvalue weighted by molar-refractivity contribution is 5.87. The largest absolute Gasteiger partial charge is 0.337 e. The van der Waals surface area contributed by atoms with Crippen LogP contribution in [0.5, 0.6) is 0 Å². The summed E-state index contributed by atoms with van der Waals surface area (Å²) in [5.41, 5.74) is 8.27. The van der Waals surface area contributed by atoms with Gasteiger partial charge < -0.3 is 21.4 Å². The van der Waals surface area contributed by atoms with E-state index in [1.165, 1.54) is 12.3 Å². The topological polar surface area (TPSA) is 125 Å². The van der Waals surface area contributed by atoms with E-state index in [0.717, 1.165) is 17.5 Å². The van der Waals surface area contributed by atoms with Crippen molar-refractivity contribution < 1.29 is 9.18 Å². The maximum absolute atomic E-state index is 14.4. The highest BCUT2D eigenvalue weighted by atomic mass is 19.1. The number of hydrogen-bond acceptors (Lipinski definition) is 5. The van der Waals surface area contributed by atoms with Crippen molar-refractivity contribution in [3.05, 3.63) is 81.5 Å². The number of carbonyl (C=O) groups excluding carboxylic acids is 1. The summed E-state index contributed by atoms with van der Waals surface area (Å²) >= 11 is 0. The van der Waals surface area contributed by atoms with E-state index in [4.69, 9.17) is 5.73 Å². The molecule has 3 rings (SSSR count). The first-order valence-electron chi connectivity index (χ1n) is 10.9. The second-order valence-electron chi connectivity index (χ2n) is 7.71. The molecular weight excluding hydrogens is 423 g/mol. The Kier molecular flexibility index (Phi) is 8.68. The summed E-state index contributed by atoms with van der Waals surface area (Å²) < 4.78 is 14.4. The monoisotopic (exact) mass is 452 g/mol. The molecular formula is C24H29FN6O2. The molecule has 1 heterocycles. The normalized spacial score (nSPS) is 10.8. The molecule has 3 aromatic rings. The number of aryl methyl sites for hydroxylation is 1. The summed E-state index contributed by atoms with van der Waals surface area (Å²) in [6.07, 6.45) is 2.90. The molecule has 0 radical (unpaired) electrons. The zero-order valence-electron chi connectivity index (χ0n) is 18.6. The number of amides is 2. The Balaban J connectivity index is 1.56. The molecule has 1 aromatic heterocycles. The van der Waals surface area contributed by atoms with E-state index < -0.39 is 17.4 Å². The fourth-order valence-corrected chi connectivity index (χ4v) is 3.32. The number of benzene rings is 2. The number of rotatable bonds is 10. The van der Waals surface area contributed by atoms with E-state index in [9.17, 15) is 14.0 Å². The molecule has 0 unspecified atom stereocenters. The smallest absolute Gasteiger partial charge is 0.321 e. The number of carbonyl (C=O) groups is 1. The number of nitrogens with zero attached hydrogens (tertiary/aromatic N) is 1. The average molecular weight is 453 g/mol. The number of aromatic nitrogens is 2. The number of urea groups is 1. The molecule has 0 bridgehead atoms. The van der Waals surface area contributed by atoms with Crippen LogP contribution in [0.2, 0.25) is 0 Å². The van der Waals surface area contributed by atoms with Crippen LogP contribution in [-0.4, -0.2) is 35.6 Å². The fraction of sp³-hybridized carbons (Fsp3) is 0.292. The Morgan fingerprint density at radius 1 is 1.18 bits per heavy atom. The quantitative estimate of drug-likeness (QED) is 0.303. The number of hydrogen-bond donors (Lipinski definition) is 5. The van der Waals surface area contributed by atoms with Gasteiger partial charge in [-0.25, -0.2) is 9.18 Å². The molecule has 2 aromatic carbocycles. The maximum Gasteiger partial charge on any atom is 0.321 e. The van der Waals surface area contributed by atoms with Gasteiger partial charge in [0, 0.05) is 24.8 Å². The number of anilines is 1.